The van der Waals surface area contributed by atoms with Gasteiger partial charge in [0.2, 0.25) is 21.8 Å². The number of benzene rings is 2. The van der Waals surface area contributed by atoms with E-state index in [1.807, 2.05) is 30.3 Å². The summed E-state index contributed by atoms with van der Waals surface area (Å²) in [5.41, 5.74) is 2.27. The molecule has 1 aliphatic rings. The van der Waals surface area contributed by atoms with Crippen molar-refractivity contribution < 1.29 is 22.7 Å². The summed E-state index contributed by atoms with van der Waals surface area (Å²) in [6, 6.07) is 13.8. The molecule has 2 N–H and O–H groups in total. The predicted molar refractivity (Wildman–Crippen MR) is 118 cm³/mol. The van der Waals surface area contributed by atoms with Crippen LogP contribution in [0.15, 0.2) is 53.4 Å². The Bertz CT molecular complexity index is 1300. The van der Waals surface area contributed by atoms with Crippen LogP contribution in [0, 0.1) is 6.92 Å². The predicted octanol–water partition coefficient (Wildman–Crippen LogP) is 2.72. The summed E-state index contributed by atoms with van der Waals surface area (Å²) in [6.45, 7) is 1.81. The van der Waals surface area contributed by atoms with Gasteiger partial charge >= 0.3 is 0 Å². The summed E-state index contributed by atoms with van der Waals surface area (Å²) in [4.78, 5) is 24.4. The summed E-state index contributed by atoms with van der Waals surface area (Å²) < 4.78 is 35.3. The minimum atomic E-state index is -3.93. The van der Waals surface area contributed by atoms with Crippen molar-refractivity contribution >= 4 is 27.7 Å². The van der Waals surface area contributed by atoms with Crippen molar-refractivity contribution in [2.24, 2.45) is 0 Å². The number of methoxy groups -OCH3 is 1. The van der Waals surface area contributed by atoms with Crippen molar-refractivity contribution in [1.29, 1.82) is 0 Å². The van der Waals surface area contributed by atoms with Gasteiger partial charge in [-0.15, -0.1) is 0 Å². The second-order valence-electron chi connectivity index (χ2n) is 7.34. The molecule has 0 aliphatic carbocycles. The van der Waals surface area contributed by atoms with Crippen molar-refractivity contribution in [2.75, 3.05) is 12.4 Å². The molecule has 0 unspecified atom stereocenters. The van der Waals surface area contributed by atoms with Gasteiger partial charge in [0.25, 0.3) is 0 Å². The van der Waals surface area contributed by atoms with Gasteiger partial charge in [0, 0.05) is 24.9 Å². The van der Waals surface area contributed by atoms with Crippen molar-refractivity contribution in [3.63, 3.8) is 0 Å². The first kappa shape index (κ1) is 21.7. The lowest BCUT2D eigenvalue weighted by molar-refractivity contribution is -0.116. The van der Waals surface area contributed by atoms with Crippen LogP contribution in [0.4, 0.5) is 5.82 Å². The second kappa shape index (κ2) is 8.56. The normalized spacial score (nSPS) is 13.9. The third kappa shape index (κ3) is 4.14. The van der Waals surface area contributed by atoms with E-state index in [4.69, 9.17) is 4.74 Å². The number of anilines is 1. The van der Waals surface area contributed by atoms with Crippen molar-refractivity contribution in [3.05, 3.63) is 59.8 Å². The van der Waals surface area contributed by atoms with Crippen LogP contribution in [0.25, 0.3) is 11.1 Å². The fourth-order valence-electron chi connectivity index (χ4n) is 3.58. The molecular weight excluding hydrogens is 432 g/mol. The van der Waals surface area contributed by atoms with E-state index in [1.165, 1.54) is 23.9 Å². The van der Waals surface area contributed by atoms with E-state index >= 15 is 0 Å². The smallest absolute Gasteiger partial charge is 0.249 e. The number of nitrogens with one attached hydrogen (secondary N) is 2. The molecule has 0 saturated carbocycles. The van der Waals surface area contributed by atoms with E-state index in [9.17, 15) is 18.0 Å². The van der Waals surface area contributed by atoms with Crippen LogP contribution in [0.1, 0.15) is 28.9 Å². The molecule has 10 heteroatoms. The summed E-state index contributed by atoms with van der Waals surface area (Å²) in [6.07, 6.45) is 0.109. The van der Waals surface area contributed by atoms with Gasteiger partial charge in [0.05, 0.1) is 12.8 Å². The summed E-state index contributed by atoms with van der Waals surface area (Å²) >= 11 is 0. The van der Waals surface area contributed by atoms with E-state index in [2.05, 4.69) is 15.1 Å². The maximum atomic E-state index is 13.1. The summed E-state index contributed by atoms with van der Waals surface area (Å²) in [5.74, 6) is -0.200. The molecule has 3 aromatic rings. The Hall–Kier alpha value is -3.50. The lowest BCUT2D eigenvalue weighted by Crippen LogP contribution is -2.23. The number of hydrogen-bond donors (Lipinski definition) is 2. The number of aromatic nitrogens is 2. The Labute approximate surface area is 185 Å². The van der Waals surface area contributed by atoms with Gasteiger partial charge in [-0.1, -0.05) is 36.4 Å². The molecule has 2 heterocycles. The Balaban J connectivity index is 1.76. The van der Waals surface area contributed by atoms with Crippen LogP contribution in [0.3, 0.4) is 0 Å². The van der Waals surface area contributed by atoms with Crippen LogP contribution >= 0.6 is 0 Å². The number of carbonyl (C=O) groups excluding carboxylic acids is 2. The quantitative estimate of drug-likeness (QED) is 0.591. The molecule has 0 bridgehead atoms. The lowest BCUT2D eigenvalue weighted by Gasteiger charge is -2.13. The molecule has 2 aromatic carbocycles. The van der Waals surface area contributed by atoms with E-state index in [-0.39, 0.29) is 47.7 Å². The molecular formula is C22H22N4O5S. The molecule has 1 aromatic heterocycles. The minimum absolute atomic E-state index is 0.0467. The third-order valence-corrected chi connectivity index (χ3v) is 6.59. The first-order chi connectivity index (χ1) is 15.3. The van der Waals surface area contributed by atoms with Crippen molar-refractivity contribution in [1.82, 2.24) is 14.5 Å². The average molecular weight is 455 g/mol. The van der Waals surface area contributed by atoms with E-state index < -0.39 is 10.0 Å². The number of aryl methyl sites for hydroxylation is 1. The first-order valence-electron chi connectivity index (χ1n) is 9.95. The number of nitrogens with zero attached hydrogens (tertiary/aromatic N) is 2. The first-order valence-corrected chi connectivity index (χ1v) is 11.4. The second-order valence-corrected chi connectivity index (χ2v) is 9.07. The zero-order chi connectivity index (χ0) is 22.9. The Kier molecular flexibility index (Phi) is 5.81. The zero-order valence-electron chi connectivity index (χ0n) is 17.6. The standard InChI is InChI=1S/C22H22N4O5S/c1-14-21(22-24-19(27)10-11-20(28)26(22)25-14)16-8-9-17(31-2)18(12-16)32(29,30)23-13-15-6-4-3-5-7-15/h3-9,12,23H,10-11,13H2,1-2H3,(H,24,27). The zero-order valence-corrected chi connectivity index (χ0v) is 18.4. The Morgan fingerprint density at radius 1 is 1.12 bits per heavy atom. The molecule has 32 heavy (non-hydrogen) atoms. The van der Waals surface area contributed by atoms with Crippen molar-refractivity contribution in [3.8, 4) is 16.9 Å². The molecule has 0 radical (unpaired) electrons. The third-order valence-electron chi connectivity index (χ3n) is 5.17. The number of amides is 1. The van der Waals surface area contributed by atoms with Gasteiger partial charge in [0.1, 0.15) is 16.5 Å². The highest BCUT2D eigenvalue weighted by Crippen LogP contribution is 2.36. The molecule has 9 nitrogen and oxygen atoms in total. The van der Waals surface area contributed by atoms with Crippen LogP contribution < -0.4 is 14.8 Å². The van der Waals surface area contributed by atoms with Crippen LogP contribution in [0.2, 0.25) is 0 Å². The molecule has 1 amide bonds. The van der Waals surface area contributed by atoms with Gasteiger partial charge < -0.3 is 10.1 Å². The summed E-state index contributed by atoms with van der Waals surface area (Å²) in [7, 11) is -2.54. The highest BCUT2D eigenvalue weighted by molar-refractivity contribution is 7.89. The maximum absolute atomic E-state index is 13.1. The Morgan fingerprint density at radius 3 is 2.59 bits per heavy atom. The van der Waals surface area contributed by atoms with E-state index in [0.29, 0.717) is 16.8 Å². The molecule has 0 fully saturated rings. The molecule has 0 atom stereocenters. The number of sulfonamides is 1. The number of fused-ring (bicyclic) bond motifs is 1. The van der Waals surface area contributed by atoms with Crippen molar-refractivity contribution in [2.45, 2.75) is 31.2 Å². The fourth-order valence-corrected chi connectivity index (χ4v) is 4.79. The number of ether oxygens (including phenoxy) is 1. The largest absolute Gasteiger partial charge is 0.495 e. The molecule has 166 valence electrons. The number of carbonyl (C=O) groups is 2. The van der Waals surface area contributed by atoms with Gasteiger partial charge in [-0.05, 0) is 30.2 Å². The summed E-state index contributed by atoms with van der Waals surface area (Å²) in [5, 5.41) is 6.99. The van der Waals surface area contributed by atoms with E-state index in [1.54, 1.807) is 13.0 Å². The molecule has 1 aliphatic heterocycles. The number of hydrogen-bond acceptors (Lipinski definition) is 6. The fraction of sp³-hybridized carbons (Fsp3) is 0.227. The SMILES string of the molecule is COc1ccc(-c2c(C)nn3c2NC(=O)CCC3=O)cc1S(=O)(=O)NCc1ccccc1. The van der Waals surface area contributed by atoms with Crippen LogP contribution in [-0.4, -0.2) is 37.1 Å². The van der Waals surface area contributed by atoms with E-state index in [0.717, 1.165) is 5.56 Å². The average Bonchev–Trinajstić information content (AvgIpc) is 3.04. The van der Waals surface area contributed by atoms with Gasteiger partial charge in [-0.25, -0.2) is 13.1 Å². The molecule has 0 saturated heterocycles. The Morgan fingerprint density at radius 2 is 1.88 bits per heavy atom. The van der Waals surface area contributed by atoms with Gasteiger partial charge in [-0.3, -0.25) is 9.59 Å². The molecule has 4 rings (SSSR count). The number of rotatable bonds is 6. The maximum Gasteiger partial charge on any atom is 0.249 e. The highest BCUT2D eigenvalue weighted by atomic mass is 32.2. The van der Waals surface area contributed by atoms with Crippen LogP contribution in [0.5, 0.6) is 5.75 Å². The monoisotopic (exact) mass is 454 g/mol. The van der Waals surface area contributed by atoms with Gasteiger partial charge in [0.15, 0.2) is 0 Å². The van der Waals surface area contributed by atoms with Crippen LogP contribution in [-0.2, 0) is 21.4 Å². The van der Waals surface area contributed by atoms with Gasteiger partial charge in [-0.2, -0.15) is 9.78 Å². The lowest BCUT2D eigenvalue weighted by atomic mass is 10.1. The highest BCUT2D eigenvalue weighted by Gasteiger charge is 2.28. The topological polar surface area (TPSA) is 119 Å². The minimum Gasteiger partial charge on any atom is -0.495 e. The molecule has 0 spiro atoms.